The Balaban J connectivity index is 1.58. The van der Waals surface area contributed by atoms with Crippen molar-refractivity contribution in [2.75, 3.05) is 0 Å². The van der Waals surface area contributed by atoms with Crippen LogP contribution < -0.4 is 9.83 Å². The minimum absolute atomic E-state index is 0.241. The number of aliphatic carboxylic acids is 1. The highest BCUT2D eigenvalue weighted by atomic mass is 32.2. The zero-order chi connectivity index (χ0) is 22.0. The average molecular weight is 434 g/mol. The number of carboxylic acids is 1. The van der Waals surface area contributed by atoms with Crippen LogP contribution in [0.4, 0.5) is 0 Å². The average Bonchev–Trinajstić information content (AvgIpc) is 3.13. The molecule has 4 rings (SSSR count). The number of fused-ring (bicyclic) bond motifs is 1. The van der Waals surface area contributed by atoms with Crippen LogP contribution in [0, 0.1) is 6.92 Å². The van der Waals surface area contributed by atoms with Gasteiger partial charge in [0.05, 0.1) is 10.9 Å². The van der Waals surface area contributed by atoms with Gasteiger partial charge in [-0.3, -0.25) is 4.98 Å². The third kappa shape index (κ3) is 4.73. The quantitative estimate of drug-likeness (QED) is 0.600. The lowest BCUT2D eigenvalue weighted by molar-refractivity contribution is -0.297. The standard InChI is InChI=1S/C24H22N2O4S/c1-16-4-8-22(9-5-16)31(29,30)26-21-12-17-6-7-18(11-20(17)13-21)23(14-24(27)28)19-3-2-10-25-15-19/h2-11,14-15,21,26H,12-13H2,1H3,(H,27,28)/p-1/b23-14-. The van der Waals surface area contributed by atoms with E-state index < -0.39 is 16.0 Å². The lowest BCUT2D eigenvalue weighted by atomic mass is 9.96. The molecule has 1 aliphatic carbocycles. The first-order valence-corrected chi connectivity index (χ1v) is 11.3. The topological polar surface area (TPSA) is 99.2 Å². The molecule has 0 bridgehead atoms. The second-order valence-corrected chi connectivity index (χ2v) is 9.36. The summed E-state index contributed by atoms with van der Waals surface area (Å²) in [5.41, 5.74) is 4.91. The van der Waals surface area contributed by atoms with Gasteiger partial charge in [-0.15, -0.1) is 0 Å². The molecule has 2 aromatic carbocycles. The van der Waals surface area contributed by atoms with Crippen LogP contribution in [0.25, 0.3) is 5.57 Å². The Kier molecular flexibility index (Phi) is 5.71. The van der Waals surface area contributed by atoms with E-state index in [9.17, 15) is 18.3 Å². The summed E-state index contributed by atoms with van der Waals surface area (Å²) in [5.74, 6) is -1.29. The van der Waals surface area contributed by atoms with Crippen molar-refractivity contribution in [1.82, 2.24) is 9.71 Å². The SMILES string of the molecule is Cc1ccc(S(=O)(=O)NC2Cc3ccc(/C(=C/C(=O)[O-])c4cccnc4)cc3C2)cc1. The van der Waals surface area contributed by atoms with Crippen molar-refractivity contribution < 1.29 is 18.3 Å². The highest BCUT2D eigenvalue weighted by Crippen LogP contribution is 2.30. The van der Waals surface area contributed by atoms with Gasteiger partial charge < -0.3 is 9.90 Å². The molecule has 6 nitrogen and oxygen atoms in total. The van der Waals surface area contributed by atoms with E-state index in [1.54, 1.807) is 48.8 Å². The molecular formula is C24H21N2O4S-. The molecular weight excluding hydrogens is 412 g/mol. The number of rotatable bonds is 6. The van der Waals surface area contributed by atoms with Crippen molar-refractivity contribution in [1.29, 1.82) is 0 Å². The largest absolute Gasteiger partial charge is 0.545 e. The maximum Gasteiger partial charge on any atom is 0.240 e. The highest BCUT2D eigenvalue weighted by molar-refractivity contribution is 7.89. The van der Waals surface area contributed by atoms with Gasteiger partial charge in [-0.1, -0.05) is 42.0 Å². The predicted molar refractivity (Wildman–Crippen MR) is 115 cm³/mol. The lowest BCUT2D eigenvalue weighted by Gasteiger charge is -2.13. The van der Waals surface area contributed by atoms with Gasteiger partial charge in [-0.25, -0.2) is 13.1 Å². The maximum atomic E-state index is 12.7. The van der Waals surface area contributed by atoms with Crippen molar-refractivity contribution >= 4 is 21.6 Å². The molecule has 0 saturated carbocycles. The van der Waals surface area contributed by atoms with Crippen LogP contribution in [0.15, 0.2) is 78.0 Å². The van der Waals surface area contributed by atoms with Crippen molar-refractivity contribution in [2.24, 2.45) is 0 Å². The zero-order valence-corrected chi connectivity index (χ0v) is 17.7. The fraction of sp³-hybridized carbons (Fsp3) is 0.167. The number of carbonyl (C=O) groups is 1. The van der Waals surface area contributed by atoms with E-state index in [4.69, 9.17) is 0 Å². The van der Waals surface area contributed by atoms with Gasteiger partial charge in [0.1, 0.15) is 0 Å². The van der Waals surface area contributed by atoms with Gasteiger partial charge in [-0.2, -0.15) is 0 Å². The summed E-state index contributed by atoms with van der Waals surface area (Å²) in [6, 6.07) is 15.7. The van der Waals surface area contributed by atoms with Crippen LogP contribution in [-0.4, -0.2) is 25.4 Å². The lowest BCUT2D eigenvalue weighted by Crippen LogP contribution is -2.35. The minimum Gasteiger partial charge on any atom is -0.545 e. The Morgan fingerprint density at radius 1 is 1.06 bits per heavy atom. The number of hydrogen-bond acceptors (Lipinski definition) is 5. The first-order valence-electron chi connectivity index (χ1n) is 9.86. The van der Waals surface area contributed by atoms with Crippen LogP contribution >= 0.6 is 0 Å². The second-order valence-electron chi connectivity index (χ2n) is 7.64. The number of hydrogen-bond donors (Lipinski definition) is 1. The van der Waals surface area contributed by atoms with E-state index in [2.05, 4.69) is 9.71 Å². The number of nitrogens with one attached hydrogen (secondary N) is 1. The maximum absolute atomic E-state index is 12.7. The van der Waals surface area contributed by atoms with Crippen molar-refractivity contribution in [3.63, 3.8) is 0 Å². The van der Waals surface area contributed by atoms with E-state index in [1.165, 1.54) is 0 Å². The number of sulfonamides is 1. The molecule has 1 atom stereocenters. The normalized spacial score (nSPS) is 16.2. The third-order valence-corrected chi connectivity index (χ3v) is 6.87. The number of benzene rings is 2. The van der Waals surface area contributed by atoms with Crippen LogP contribution in [0.1, 0.15) is 27.8 Å². The number of carbonyl (C=O) groups excluding carboxylic acids is 1. The predicted octanol–water partition coefficient (Wildman–Crippen LogP) is 2.02. The van der Waals surface area contributed by atoms with Gasteiger partial charge in [0.2, 0.25) is 10.0 Å². The molecule has 158 valence electrons. The fourth-order valence-corrected chi connectivity index (χ4v) is 5.08. The van der Waals surface area contributed by atoms with E-state index in [1.807, 2.05) is 25.1 Å². The van der Waals surface area contributed by atoms with Crippen molar-refractivity contribution in [2.45, 2.75) is 30.7 Å². The molecule has 0 fully saturated rings. The number of aromatic nitrogens is 1. The molecule has 31 heavy (non-hydrogen) atoms. The molecule has 3 aromatic rings. The van der Waals surface area contributed by atoms with Crippen LogP contribution in [0.5, 0.6) is 0 Å². The number of aryl methyl sites for hydroxylation is 1. The number of nitrogens with zero attached hydrogens (tertiary/aromatic N) is 1. The molecule has 0 radical (unpaired) electrons. The molecule has 7 heteroatoms. The molecule has 0 amide bonds. The molecule has 1 aliphatic rings. The third-order valence-electron chi connectivity index (χ3n) is 5.34. The molecule has 1 N–H and O–H groups in total. The van der Waals surface area contributed by atoms with E-state index in [0.29, 0.717) is 24.0 Å². The number of carboxylic acid groups (broad SMARTS) is 1. The summed E-state index contributed by atoms with van der Waals surface area (Å²) >= 11 is 0. The summed E-state index contributed by atoms with van der Waals surface area (Å²) in [7, 11) is -3.62. The van der Waals surface area contributed by atoms with Gasteiger partial charge in [0.25, 0.3) is 0 Å². The van der Waals surface area contributed by atoms with Gasteiger partial charge in [0.15, 0.2) is 0 Å². The minimum atomic E-state index is -3.62. The van der Waals surface area contributed by atoms with Gasteiger partial charge in [-0.05, 0) is 66.3 Å². The summed E-state index contributed by atoms with van der Waals surface area (Å²) < 4.78 is 28.3. The van der Waals surface area contributed by atoms with E-state index >= 15 is 0 Å². The smallest absolute Gasteiger partial charge is 0.240 e. The van der Waals surface area contributed by atoms with Crippen LogP contribution in [0.3, 0.4) is 0 Å². The summed E-state index contributed by atoms with van der Waals surface area (Å²) in [6.07, 6.45) is 5.38. The van der Waals surface area contributed by atoms with E-state index in [0.717, 1.165) is 28.3 Å². The highest BCUT2D eigenvalue weighted by Gasteiger charge is 2.27. The van der Waals surface area contributed by atoms with Crippen molar-refractivity contribution in [3.05, 3.63) is 101 Å². The molecule has 0 spiro atoms. The zero-order valence-electron chi connectivity index (χ0n) is 16.9. The van der Waals surface area contributed by atoms with Crippen LogP contribution in [-0.2, 0) is 27.7 Å². The number of pyridine rings is 1. The summed E-state index contributed by atoms with van der Waals surface area (Å²) in [5, 5.41) is 11.3. The molecule has 0 saturated heterocycles. The second kappa shape index (κ2) is 8.45. The Morgan fingerprint density at radius 3 is 2.48 bits per heavy atom. The molecule has 1 aromatic heterocycles. The Labute approximate surface area is 181 Å². The summed E-state index contributed by atoms with van der Waals surface area (Å²) in [6.45, 7) is 1.91. The molecule has 0 aliphatic heterocycles. The van der Waals surface area contributed by atoms with E-state index in [-0.39, 0.29) is 10.9 Å². The van der Waals surface area contributed by atoms with Crippen molar-refractivity contribution in [3.8, 4) is 0 Å². The molecule has 1 heterocycles. The Hall–Kier alpha value is -3.29. The van der Waals surface area contributed by atoms with Gasteiger partial charge in [0, 0.05) is 24.0 Å². The first-order chi connectivity index (χ1) is 14.8. The van der Waals surface area contributed by atoms with Gasteiger partial charge >= 0.3 is 0 Å². The van der Waals surface area contributed by atoms with Crippen LogP contribution in [0.2, 0.25) is 0 Å². The fourth-order valence-electron chi connectivity index (χ4n) is 3.85. The summed E-state index contributed by atoms with van der Waals surface area (Å²) in [4.78, 5) is 15.6. The Morgan fingerprint density at radius 2 is 1.81 bits per heavy atom. The Bertz CT molecular complexity index is 1250. The monoisotopic (exact) mass is 433 g/mol. The first kappa shape index (κ1) is 21.0. The molecule has 1 unspecified atom stereocenters.